The number of rotatable bonds is 4. The van der Waals surface area contributed by atoms with E-state index in [1.165, 1.54) is 0 Å². The van der Waals surface area contributed by atoms with Gasteiger partial charge in [0, 0.05) is 12.0 Å². The summed E-state index contributed by atoms with van der Waals surface area (Å²) in [7, 11) is 0. The molecular formula is C9H11ClF3NO2. The molecule has 0 atom stereocenters. The van der Waals surface area contributed by atoms with Crippen LogP contribution in [0.15, 0.2) is 0 Å². The van der Waals surface area contributed by atoms with Crippen LogP contribution in [0.3, 0.4) is 0 Å². The average Bonchev–Trinajstić information content (AvgIpc) is 2.13. The first-order valence-electron chi connectivity index (χ1n) is 4.76. The molecule has 0 spiro atoms. The summed E-state index contributed by atoms with van der Waals surface area (Å²) in [6.45, 7) is -0.281. The molecule has 1 aliphatic carbocycles. The molecule has 1 aliphatic rings. The van der Waals surface area contributed by atoms with Crippen molar-refractivity contribution in [3.05, 3.63) is 0 Å². The summed E-state index contributed by atoms with van der Waals surface area (Å²) >= 11 is 5.37. The molecule has 3 nitrogen and oxygen atoms in total. The number of halogens is 4. The van der Waals surface area contributed by atoms with E-state index in [-0.39, 0.29) is 18.2 Å². The summed E-state index contributed by atoms with van der Waals surface area (Å²) in [6.07, 6.45) is -3.17. The Bertz CT molecular complexity index is 300. The van der Waals surface area contributed by atoms with E-state index >= 15 is 0 Å². The van der Waals surface area contributed by atoms with Crippen LogP contribution >= 0.6 is 11.6 Å². The number of carbonyl (C=O) groups excluding carboxylic acids is 2. The van der Waals surface area contributed by atoms with Crippen molar-refractivity contribution < 1.29 is 22.8 Å². The number of hydrogen-bond acceptors (Lipinski definition) is 2. The Kier molecular flexibility index (Phi) is 3.83. The average molecular weight is 258 g/mol. The highest BCUT2D eigenvalue weighted by atomic mass is 35.5. The van der Waals surface area contributed by atoms with Gasteiger partial charge in [-0.25, -0.2) is 0 Å². The number of ketones is 1. The number of hydrogen-bond donors (Lipinski definition) is 1. The lowest BCUT2D eigenvalue weighted by atomic mass is 9.66. The Hall–Kier alpha value is -0.780. The summed E-state index contributed by atoms with van der Waals surface area (Å²) in [4.78, 5) is 22.0. The lowest BCUT2D eigenvalue weighted by molar-refractivity contribution is -0.174. The maximum atomic E-state index is 11.9. The van der Waals surface area contributed by atoms with Gasteiger partial charge >= 0.3 is 12.1 Å². The largest absolute Gasteiger partial charge is 0.471 e. The predicted octanol–water partition coefficient (Wildman–Crippen LogP) is 1.64. The normalized spacial score (nSPS) is 18.8. The number of alkyl halides is 4. The third-order valence-corrected chi connectivity index (χ3v) is 3.11. The van der Waals surface area contributed by atoms with Gasteiger partial charge in [-0.2, -0.15) is 13.2 Å². The minimum Gasteiger partial charge on any atom is -0.347 e. The van der Waals surface area contributed by atoms with Crippen LogP contribution in [0.1, 0.15) is 19.3 Å². The topological polar surface area (TPSA) is 46.2 Å². The van der Waals surface area contributed by atoms with E-state index in [0.717, 1.165) is 6.42 Å². The van der Waals surface area contributed by atoms with Crippen LogP contribution in [0.4, 0.5) is 13.2 Å². The first kappa shape index (κ1) is 13.3. The van der Waals surface area contributed by atoms with Crippen LogP contribution in [0.25, 0.3) is 0 Å². The van der Waals surface area contributed by atoms with Crippen molar-refractivity contribution in [3.63, 3.8) is 0 Å². The molecule has 0 aromatic rings. The van der Waals surface area contributed by atoms with E-state index in [4.69, 9.17) is 11.6 Å². The third kappa shape index (κ3) is 2.66. The minimum absolute atomic E-state index is 0.234. The lowest BCUT2D eigenvalue weighted by Crippen LogP contribution is -2.50. The van der Waals surface area contributed by atoms with E-state index in [0.29, 0.717) is 12.8 Å². The monoisotopic (exact) mass is 257 g/mol. The molecule has 0 bridgehead atoms. The number of amides is 1. The smallest absolute Gasteiger partial charge is 0.347 e. The van der Waals surface area contributed by atoms with E-state index in [1.54, 1.807) is 5.32 Å². The molecule has 0 aromatic carbocycles. The minimum atomic E-state index is -4.91. The van der Waals surface area contributed by atoms with Crippen LogP contribution in [0.5, 0.6) is 0 Å². The Balaban J connectivity index is 2.53. The number of nitrogens with one attached hydrogen (secondary N) is 1. The number of carbonyl (C=O) groups is 2. The molecule has 0 saturated heterocycles. The van der Waals surface area contributed by atoms with Crippen LogP contribution in [-0.4, -0.2) is 30.3 Å². The van der Waals surface area contributed by atoms with Crippen molar-refractivity contribution in [3.8, 4) is 0 Å². The van der Waals surface area contributed by atoms with E-state index in [1.807, 2.05) is 0 Å². The molecule has 1 N–H and O–H groups in total. The zero-order valence-corrected chi connectivity index (χ0v) is 9.12. The van der Waals surface area contributed by atoms with Gasteiger partial charge in [0.15, 0.2) is 5.78 Å². The fraction of sp³-hybridized carbons (Fsp3) is 0.778. The van der Waals surface area contributed by atoms with Crippen LogP contribution in [0, 0.1) is 5.41 Å². The van der Waals surface area contributed by atoms with Crippen molar-refractivity contribution >= 4 is 23.3 Å². The highest BCUT2D eigenvalue weighted by Crippen LogP contribution is 2.41. The van der Waals surface area contributed by atoms with Crippen molar-refractivity contribution in [2.24, 2.45) is 5.41 Å². The quantitative estimate of drug-likeness (QED) is 0.779. The van der Waals surface area contributed by atoms with Gasteiger partial charge in [0.05, 0.1) is 5.88 Å². The fourth-order valence-corrected chi connectivity index (χ4v) is 1.93. The Morgan fingerprint density at radius 2 is 1.88 bits per heavy atom. The Morgan fingerprint density at radius 1 is 1.31 bits per heavy atom. The summed E-state index contributed by atoms with van der Waals surface area (Å²) in [5, 5.41) is 1.74. The van der Waals surface area contributed by atoms with Crippen LogP contribution in [-0.2, 0) is 9.59 Å². The van der Waals surface area contributed by atoms with Gasteiger partial charge in [-0.15, -0.1) is 11.6 Å². The summed E-state index contributed by atoms with van der Waals surface area (Å²) in [5.74, 6) is -2.55. The van der Waals surface area contributed by atoms with Gasteiger partial charge < -0.3 is 5.32 Å². The van der Waals surface area contributed by atoms with Gasteiger partial charge in [-0.05, 0) is 12.8 Å². The van der Waals surface area contributed by atoms with Gasteiger partial charge in [-0.1, -0.05) is 6.42 Å². The van der Waals surface area contributed by atoms with Crippen molar-refractivity contribution in [1.29, 1.82) is 0 Å². The molecule has 0 unspecified atom stereocenters. The van der Waals surface area contributed by atoms with E-state index in [2.05, 4.69) is 0 Å². The SMILES string of the molecule is O=C(NCC1(C(=O)CCl)CCC1)C(F)(F)F. The lowest BCUT2D eigenvalue weighted by Gasteiger charge is -2.40. The first-order chi connectivity index (χ1) is 7.32. The molecule has 7 heteroatoms. The van der Waals surface area contributed by atoms with Gasteiger partial charge in [0.1, 0.15) is 0 Å². The zero-order valence-electron chi connectivity index (χ0n) is 8.36. The molecule has 1 rings (SSSR count). The Labute approximate surface area is 95.3 Å². The molecule has 0 heterocycles. The molecule has 16 heavy (non-hydrogen) atoms. The van der Waals surface area contributed by atoms with Crippen LogP contribution in [0.2, 0.25) is 0 Å². The molecule has 1 fully saturated rings. The first-order valence-corrected chi connectivity index (χ1v) is 5.29. The van der Waals surface area contributed by atoms with Gasteiger partial charge in [0.2, 0.25) is 0 Å². The number of Topliss-reactive ketones (excluding diaryl/α,β-unsaturated/α-hetero) is 1. The maximum Gasteiger partial charge on any atom is 0.471 e. The van der Waals surface area contributed by atoms with E-state index in [9.17, 15) is 22.8 Å². The molecule has 1 saturated carbocycles. The fourth-order valence-electron chi connectivity index (χ4n) is 1.65. The molecular weight excluding hydrogens is 247 g/mol. The summed E-state index contributed by atoms with van der Waals surface area (Å²) < 4.78 is 35.7. The second-order valence-electron chi connectivity index (χ2n) is 3.87. The second-order valence-corrected chi connectivity index (χ2v) is 4.14. The zero-order chi connectivity index (χ0) is 12.4. The summed E-state index contributed by atoms with van der Waals surface area (Å²) in [6, 6.07) is 0. The third-order valence-electron chi connectivity index (χ3n) is 2.87. The summed E-state index contributed by atoms with van der Waals surface area (Å²) in [5.41, 5.74) is -0.872. The molecule has 92 valence electrons. The van der Waals surface area contributed by atoms with Crippen molar-refractivity contribution in [2.75, 3.05) is 12.4 Å². The van der Waals surface area contributed by atoms with Gasteiger partial charge in [0.25, 0.3) is 0 Å². The second kappa shape index (κ2) is 4.61. The standard InChI is InChI=1S/C9H11ClF3NO2/c10-4-6(15)8(2-1-3-8)5-14-7(16)9(11,12)13/h1-5H2,(H,14,16). The predicted molar refractivity (Wildman–Crippen MR) is 51.1 cm³/mol. The van der Waals surface area contributed by atoms with Crippen molar-refractivity contribution in [1.82, 2.24) is 5.32 Å². The van der Waals surface area contributed by atoms with Crippen molar-refractivity contribution in [2.45, 2.75) is 25.4 Å². The highest BCUT2D eigenvalue weighted by Gasteiger charge is 2.45. The highest BCUT2D eigenvalue weighted by molar-refractivity contribution is 6.28. The molecule has 1 amide bonds. The molecule has 0 aliphatic heterocycles. The molecule has 0 radical (unpaired) electrons. The van der Waals surface area contributed by atoms with Crippen LogP contribution < -0.4 is 5.32 Å². The molecule has 0 aromatic heterocycles. The van der Waals surface area contributed by atoms with E-state index < -0.39 is 17.5 Å². The Morgan fingerprint density at radius 3 is 2.19 bits per heavy atom. The van der Waals surface area contributed by atoms with Gasteiger partial charge in [-0.3, -0.25) is 9.59 Å². The maximum absolute atomic E-state index is 11.9.